The van der Waals surface area contributed by atoms with Gasteiger partial charge in [-0.1, -0.05) is 30.6 Å². The Morgan fingerprint density at radius 2 is 2.11 bits per heavy atom. The topological polar surface area (TPSA) is 68.0 Å². The maximum Gasteiger partial charge on any atom is 0.279 e. The summed E-state index contributed by atoms with van der Waals surface area (Å²) >= 11 is 0. The summed E-state index contributed by atoms with van der Waals surface area (Å²) in [5.41, 5.74) is 2.19. The van der Waals surface area contributed by atoms with E-state index in [0.29, 0.717) is 0 Å². The van der Waals surface area contributed by atoms with E-state index >= 15 is 0 Å². The van der Waals surface area contributed by atoms with E-state index in [1.165, 1.54) is 24.6 Å². The average molecular weight is 245 g/mol. The second-order valence-electron chi connectivity index (χ2n) is 4.05. The van der Waals surface area contributed by atoms with Crippen molar-refractivity contribution in [2.45, 2.75) is 26.2 Å². The monoisotopic (exact) mass is 245 g/mol. The third-order valence-corrected chi connectivity index (χ3v) is 2.62. The molecule has 0 radical (unpaired) electrons. The molecule has 94 valence electrons. The van der Waals surface area contributed by atoms with E-state index in [1.807, 2.05) is 24.3 Å². The van der Waals surface area contributed by atoms with Gasteiger partial charge in [0.05, 0.1) is 0 Å². The Bertz CT molecular complexity index is 491. The molecule has 1 amide bonds. The summed E-state index contributed by atoms with van der Waals surface area (Å²) in [5, 5.41) is 9.58. The van der Waals surface area contributed by atoms with E-state index in [-0.39, 0.29) is 11.6 Å². The summed E-state index contributed by atoms with van der Waals surface area (Å²) in [4.78, 5) is 11.7. The second-order valence-corrected chi connectivity index (χ2v) is 4.05. The van der Waals surface area contributed by atoms with Crippen LogP contribution in [0.1, 0.15) is 35.8 Å². The number of aryl methyl sites for hydroxylation is 1. The van der Waals surface area contributed by atoms with Gasteiger partial charge in [0.25, 0.3) is 5.91 Å². The molecule has 0 aliphatic rings. The maximum atomic E-state index is 11.7. The lowest BCUT2D eigenvalue weighted by Crippen LogP contribution is -2.12. The molecule has 0 saturated heterocycles. The Hall–Kier alpha value is -2.17. The minimum atomic E-state index is -0.322. The number of carbonyl (C=O) groups is 1. The fourth-order valence-electron chi connectivity index (χ4n) is 1.60. The highest BCUT2D eigenvalue weighted by atomic mass is 16.6. The summed E-state index contributed by atoms with van der Waals surface area (Å²) in [6.45, 7) is 2.17. The lowest BCUT2D eigenvalue weighted by atomic mass is 10.1. The van der Waals surface area contributed by atoms with Gasteiger partial charge in [-0.05, 0) is 35.7 Å². The van der Waals surface area contributed by atoms with E-state index in [2.05, 4.69) is 27.2 Å². The van der Waals surface area contributed by atoms with E-state index in [4.69, 9.17) is 0 Å². The number of anilines is 1. The quantitative estimate of drug-likeness (QED) is 0.879. The Labute approximate surface area is 105 Å². The molecule has 0 bridgehead atoms. The summed E-state index contributed by atoms with van der Waals surface area (Å²) in [6.07, 6.45) is 4.71. The van der Waals surface area contributed by atoms with Crippen LogP contribution < -0.4 is 5.32 Å². The molecule has 1 N–H and O–H groups in total. The number of hydrogen-bond acceptors (Lipinski definition) is 4. The molecule has 0 aliphatic heterocycles. The summed E-state index contributed by atoms with van der Waals surface area (Å²) in [6, 6.07) is 7.81. The molecule has 1 aromatic heterocycles. The molecule has 5 nitrogen and oxygen atoms in total. The van der Waals surface area contributed by atoms with E-state index in [0.717, 1.165) is 12.1 Å². The fourth-order valence-corrected chi connectivity index (χ4v) is 1.60. The van der Waals surface area contributed by atoms with Gasteiger partial charge in [-0.25, -0.2) is 4.63 Å². The number of benzene rings is 1. The van der Waals surface area contributed by atoms with Crippen molar-refractivity contribution in [3.05, 3.63) is 41.7 Å². The summed E-state index contributed by atoms with van der Waals surface area (Å²) in [7, 11) is 0. The predicted octanol–water partition coefficient (Wildman–Crippen LogP) is 2.66. The van der Waals surface area contributed by atoms with Crippen molar-refractivity contribution in [2.75, 3.05) is 5.32 Å². The van der Waals surface area contributed by atoms with Gasteiger partial charge in [0.1, 0.15) is 6.20 Å². The van der Waals surface area contributed by atoms with Gasteiger partial charge in [-0.15, -0.1) is 0 Å². The standard InChI is InChI=1S/C13H15N3O2/c1-2-3-4-10-5-7-11(8-6-10)15-13(17)12-9-14-18-16-12/h5-9H,2-4H2,1H3,(H,15,17). The predicted molar refractivity (Wildman–Crippen MR) is 67.3 cm³/mol. The first-order valence-corrected chi connectivity index (χ1v) is 5.97. The highest BCUT2D eigenvalue weighted by molar-refractivity contribution is 6.02. The van der Waals surface area contributed by atoms with Crippen molar-refractivity contribution in [2.24, 2.45) is 0 Å². The largest absolute Gasteiger partial charge is 0.320 e. The van der Waals surface area contributed by atoms with Crippen LogP contribution in [0.5, 0.6) is 0 Å². The minimum Gasteiger partial charge on any atom is -0.320 e. The van der Waals surface area contributed by atoms with E-state index < -0.39 is 0 Å². The Morgan fingerprint density at radius 3 is 2.72 bits per heavy atom. The number of aromatic nitrogens is 2. The molecule has 1 heterocycles. The molecule has 5 heteroatoms. The zero-order chi connectivity index (χ0) is 12.8. The molecule has 0 fully saturated rings. The highest BCUT2D eigenvalue weighted by Crippen LogP contribution is 2.12. The minimum absolute atomic E-state index is 0.171. The molecule has 2 rings (SSSR count). The molecular weight excluding hydrogens is 230 g/mol. The number of rotatable bonds is 5. The zero-order valence-corrected chi connectivity index (χ0v) is 10.2. The highest BCUT2D eigenvalue weighted by Gasteiger charge is 2.09. The third-order valence-electron chi connectivity index (χ3n) is 2.62. The first-order chi connectivity index (χ1) is 8.79. The van der Waals surface area contributed by atoms with Crippen LogP contribution in [0.15, 0.2) is 35.1 Å². The van der Waals surface area contributed by atoms with Crippen LogP contribution >= 0.6 is 0 Å². The van der Waals surface area contributed by atoms with Gasteiger partial charge in [0.2, 0.25) is 0 Å². The average Bonchev–Trinajstić information content (AvgIpc) is 2.92. The first kappa shape index (κ1) is 12.3. The van der Waals surface area contributed by atoms with Crippen molar-refractivity contribution in [1.82, 2.24) is 10.3 Å². The van der Waals surface area contributed by atoms with Gasteiger partial charge in [-0.3, -0.25) is 4.79 Å². The lowest BCUT2D eigenvalue weighted by molar-refractivity contribution is 0.101. The normalized spacial score (nSPS) is 10.3. The number of unbranched alkanes of at least 4 members (excludes halogenated alkanes) is 1. The second kappa shape index (κ2) is 5.95. The van der Waals surface area contributed by atoms with Gasteiger partial charge in [0, 0.05) is 5.69 Å². The number of nitrogens with zero attached hydrogens (tertiary/aromatic N) is 2. The molecule has 0 atom stereocenters. The lowest BCUT2D eigenvalue weighted by Gasteiger charge is -2.04. The zero-order valence-electron chi connectivity index (χ0n) is 10.2. The van der Waals surface area contributed by atoms with Gasteiger partial charge < -0.3 is 5.32 Å². The molecule has 18 heavy (non-hydrogen) atoms. The van der Waals surface area contributed by atoms with E-state index in [1.54, 1.807) is 0 Å². The van der Waals surface area contributed by atoms with Crippen molar-refractivity contribution < 1.29 is 9.42 Å². The summed E-state index contributed by atoms with van der Waals surface area (Å²) in [5.74, 6) is -0.322. The van der Waals surface area contributed by atoms with Crippen molar-refractivity contribution in [1.29, 1.82) is 0 Å². The van der Waals surface area contributed by atoms with Crippen LogP contribution in [0.3, 0.4) is 0 Å². The maximum absolute atomic E-state index is 11.7. The first-order valence-electron chi connectivity index (χ1n) is 5.97. The smallest absolute Gasteiger partial charge is 0.279 e. The Balaban J connectivity index is 1.96. The van der Waals surface area contributed by atoms with Crippen molar-refractivity contribution in [3.63, 3.8) is 0 Å². The van der Waals surface area contributed by atoms with Crippen LogP contribution in [-0.4, -0.2) is 16.2 Å². The number of hydrogen-bond donors (Lipinski definition) is 1. The molecule has 0 unspecified atom stereocenters. The molecule has 0 spiro atoms. The van der Waals surface area contributed by atoms with Gasteiger partial charge >= 0.3 is 0 Å². The third kappa shape index (κ3) is 3.16. The van der Waals surface area contributed by atoms with Gasteiger partial charge in [-0.2, -0.15) is 0 Å². The van der Waals surface area contributed by atoms with Crippen LogP contribution in [-0.2, 0) is 6.42 Å². The van der Waals surface area contributed by atoms with E-state index in [9.17, 15) is 4.79 Å². The number of amides is 1. The fraction of sp³-hybridized carbons (Fsp3) is 0.308. The van der Waals surface area contributed by atoms with Gasteiger partial charge in [0.15, 0.2) is 5.69 Å². The number of nitrogens with one attached hydrogen (secondary N) is 1. The van der Waals surface area contributed by atoms with Crippen LogP contribution in [0.25, 0.3) is 0 Å². The van der Waals surface area contributed by atoms with Crippen LogP contribution in [0, 0.1) is 0 Å². The van der Waals surface area contributed by atoms with Crippen LogP contribution in [0.2, 0.25) is 0 Å². The number of carbonyl (C=O) groups excluding carboxylic acids is 1. The Morgan fingerprint density at radius 1 is 1.33 bits per heavy atom. The molecule has 1 aromatic carbocycles. The molecule has 0 saturated carbocycles. The molecular formula is C13H15N3O2. The van der Waals surface area contributed by atoms with Crippen molar-refractivity contribution >= 4 is 11.6 Å². The molecule has 2 aromatic rings. The molecule has 0 aliphatic carbocycles. The van der Waals surface area contributed by atoms with Crippen LogP contribution in [0.4, 0.5) is 5.69 Å². The van der Waals surface area contributed by atoms with Crippen molar-refractivity contribution in [3.8, 4) is 0 Å². The SMILES string of the molecule is CCCCc1ccc(NC(=O)c2cnon2)cc1. The Kier molecular flexibility index (Phi) is 4.06. The summed E-state index contributed by atoms with van der Waals surface area (Å²) < 4.78 is 4.38.